The molecule has 2 aromatic rings. The first-order valence-electron chi connectivity index (χ1n) is 10.7. The van der Waals surface area contributed by atoms with E-state index >= 15 is 0 Å². The molecule has 1 saturated heterocycles. The van der Waals surface area contributed by atoms with Gasteiger partial charge in [-0.1, -0.05) is 48.0 Å². The predicted molar refractivity (Wildman–Crippen MR) is 126 cm³/mol. The highest BCUT2D eigenvalue weighted by atomic mass is 32.2. The number of ether oxygens (including phenoxy) is 1. The van der Waals surface area contributed by atoms with E-state index in [1.807, 2.05) is 37.3 Å². The van der Waals surface area contributed by atoms with Crippen molar-refractivity contribution in [1.82, 2.24) is 4.31 Å². The van der Waals surface area contributed by atoms with Crippen molar-refractivity contribution in [3.8, 4) is 0 Å². The molecule has 2 atom stereocenters. The summed E-state index contributed by atoms with van der Waals surface area (Å²) in [6, 6.07) is 15.3. The third-order valence-electron chi connectivity index (χ3n) is 5.47. The van der Waals surface area contributed by atoms with Gasteiger partial charge in [0.2, 0.25) is 10.0 Å². The van der Waals surface area contributed by atoms with Gasteiger partial charge in [-0.05, 0) is 38.0 Å². The summed E-state index contributed by atoms with van der Waals surface area (Å²) in [5, 5.41) is 0. The van der Waals surface area contributed by atoms with Crippen LogP contribution in [0.2, 0.25) is 0 Å². The van der Waals surface area contributed by atoms with Crippen molar-refractivity contribution in [3.63, 3.8) is 0 Å². The minimum atomic E-state index is -3.82. The van der Waals surface area contributed by atoms with Crippen molar-refractivity contribution < 1.29 is 22.7 Å². The molecule has 0 N–H and O–H groups in total. The van der Waals surface area contributed by atoms with Crippen molar-refractivity contribution in [3.05, 3.63) is 65.7 Å². The second-order valence-corrected chi connectivity index (χ2v) is 10.9. The zero-order valence-corrected chi connectivity index (χ0v) is 20.0. The third kappa shape index (κ3) is 5.99. The summed E-state index contributed by atoms with van der Waals surface area (Å²) in [6.45, 7) is 4.11. The number of nitrogens with zero attached hydrogens (tertiary/aromatic N) is 1. The van der Waals surface area contributed by atoms with Gasteiger partial charge in [-0.2, -0.15) is 16.1 Å². The van der Waals surface area contributed by atoms with Crippen LogP contribution < -0.4 is 0 Å². The maximum atomic E-state index is 13.3. The Labute approximate surface area is 194 Å². The monoisotopic (exact) mass is 475 g/mol. The lowest BCUT2D eigenvalue weighted by Crippen LogP contribution is -2.50. The molecule has 0 spiro atoms. The van der Waals surface area contributed by atoms with E-state index in [2.05, 4.69) is 0 Å². The van der Waals surface area contributed by atoms with Crippen LogP contribution in [-0.4, -0.2) is 55.2 Å². The molecule has 32 heavy (non-hydrogen) atoms. The molecule has 1 heterocycles. The van der Waals surface area contributed by atoms with Crippen LogP contribution in [0.1, 0.15) is 24.5 Å². The first-order chi connectivity index (χ1) is 15.3. The number of Topliss-reactive ketones (excluding diaryl/α,β-unsaturated/α-hetero) is 1. The molecular weight excluding hydrogens is 446 g/mol. The van der Waals surface area contributed by atoms with Gasteiger partial charge < -0.3 is 4.74 Å². The highest BCUT2D eigenvalue weighted by molar-refractivity contribution is 7.99. The number of aryl methyl sites for hydroxylation is 1. The van der Waals surface area contributed by atoms with Gasteiger partial charge in [0.25, 0.3) is 0 Å². The van der Waals surface area contributed by atoms with E-state index in [1.165, 1.54) is 4.31 Å². The summed E-state index contributed by atoms with van der Waals surface area (Å²) in [6.07, 6.45) is 0.314. The molecule has 1 fully saturated rings. The highest BCUT2D eigenvalue weighted by Crippen LogP contribution is 2.27. The Morgan fingerprint density at radius 1 is 1.12 bits per heavy atom. The number of hydrogen-bond acceptors (Lipinski definition) is 6. The van der Waals surface area contributed by atoms with Gasteiger partial charge in [0, 0.05) is 24.5 Å². The lowest BCUT2D eigenvalue weighted by Gasteiger charge is -2.34. The molecule has 6 nitrogen and oxygen atoms in total. The van der Waals surface area contributed by atoms with Gasteiger partial charge in [-0.25, -0.2) is 8.42 Å². The summed E-state index contributed by atoms with van der Waals surface area (Å²) in [5.41, 5.74) is 1.89. The summed E-state index contributed by atoms with van der Waals surface area (Å²) in [4.78, 5) is 26.1. The van der Waals surface area contributed by atoms with Crippen LogP contribution in [0.3, 0.4) is 0 Å². The second kappa shape index (κ2) is 11.1. The van der Waals surface area contributed by atoms with Gasteiger partial charge in [0.15, 0.2) is 5.78 Å². The fraction of sp³-hybridized carbons (Fsp3) is 0.417. The van der Waals surface area contributed by atoms with Gasteiger partial charge in [-0.15, -0.1) is 0 Å². The summed E-state index contributed by atoms with van der Waals surface area (Å²) in [7, 11) is -3.82. The van der Waals surface area contributed by atoms with Crippen LogP contribution >= 0.6 is 11.8 Å². The normalized spacial score (nSPS) is 18.1. The van der Waals surface area contributed by atoms with Gasteiger partial charge in [0.05, 0.1) is 23.5 Å². The lowest BCUT2D eigenvalue weighted by molar-refractivity contribution is -0.149. The topological polar surface area (TPSA) is 80.8 Å². The molecular formula is C24H29NO5S2. The van der Waals surface area contributed by atoms with E-state index in [0.717, 1.165) is 11.1 Å². The number of benzene rings is 2. The lowest BCUT2D eigenvalue weighted by atomic mass is 9.92. The molecule has 0 amide bonds. The van der Waals surface area contributed by atoms with E-state index in [-0.39, 0.29) is 30.3 Å². The number of rotatable bonds is 9. The van der Waals surface area contributed by atoms with Crippen LogP contribution in [0.15, 0.2) is 59.5 Å². The summed E-state index contributed by atoms with van der Waals surface area (Å²) < 4.78 is 33.1. The summed E-state index contributed by atoms with van der Waals surface area (Å²) >= 11 is 1.56. The minimum Gasteiger partial charge on any atom is -0.466 e. The van der Waals surface area contributed by atoms with E-state index in [0.29, 0.717) is 17.9 Å². The molecule has 0 aliphatic carbocycles. The highest BCUT2D eigenvalue weighted by Gasteiger charge is 2.39. The maximum Gasteiger partial charge on any atom is 0.309 e. The van der Waals surface area contributed by atoms with Crippen LogP contribution in [-0.2, 0) is 30.8 Å². The average molecular weight is 476 g/mol. The standard InChI is InChI=1S/C24H29NO5S2/c1-3-30-24(27)20(15-19-7-5-4-6-8-19)16-23(26)22-17-31-14-13-25(22)32(28,29)21-11-9-18(2)10-12-21/h4-12,20,22H,3,13-17H2,1-2H3/t20-,22+/m1/s1. The Bertz CT molecular complexity index is 1020. The fourth-order valence-corrected chi connectivity index (χ4v) is 6.65. The van der Waals surface area contributed by atoms with Gasteiger partial charge in [-0.3, -0.25) is 9.59 Å². The van der Waals surface area contributed by atoms with Crippen LogP contribution in [0, 0.1) is 12.8 Å². The Hall–Kier alpha value is -2.16. The molecule has 3 rings (SSSR count). The molecule has 8 heteroatoms. The van der Waals surface area contributed by atoms with E-state index in [4.69, 9.17) is 4.74 Å². The number of hydrogen-bond donors (Lipinski definition) is 0. The molecule has 0 radical (unpaired) electrons. The summed E-state index contributed by atoms with van der Waals surface area (Å²) in [5.74, 6) is -0.325. The molecule has 2 aromatic carbocycles. The van der Waals surface area contributed by atoms with Crippen LogP contribution in [0.25, 0.3) is 0 Å². The SMILES string of the molecule is CCOC(=O)[C@@H](CC(=O)[C@@H]1CSCCN1S(=O)(=O)c1ccc(C)cc1)Cc1ccccc1. The van der Waals surface area contributed by atoms with Crippen molar-refractivity contribution in [2.45, 2.75) is 37.6 Å². The molecule has 0 saturated carbocycles. The van der Waals surface area contributed by atoms with E-state index < -0.39 is 28.0 Å². The fourth-order valence-electron chi connectivity index (χ4n) is 3.75. The van der Waals surface area contributed by atoms with E-state index in [9.17, 15) is 18.0 Å². The molecule has 172 valence electrons. The zero-order valence-electron chi connectivity index (χ0n) is 18.4. The number of thioether (sulfide) groups is 1. The molecule has 1 aliphatic heterocycles. The van der Waals surface area contributed by atoms with E-state index in [1.54, 1.807) is 43.0 Å². The number of carbonyl (C=O) groups is 2. The molecule has 1 aliphatic rings. The van der Waals surface area contributed by atoms with Gasteiger partial charge >= 0.3 is 5.97 Å². The van der Waals surface area contributed by atoms with Crippen LogP contribution in [0.5, 0.6) is 0 Å². The Morgan fingerprint density at radius 2 is 1.81 bits per heavy atom. The number of esters is 1. The zero-order chi connectivity index (χ0) is 23.1. The molecule has 0 bridgehead atoms. The largest absolute Gasteiger partial charge is 0.466 e. The first-order valence-corrected chi connectivity index (χ1v) is 13.3. The van der Waals surface area contributed by atoms with Crippen molar-refractivity contribution in [2.24, 2.45) is 5.92 Å². The Kier molecular flexibility index (Phi) is 8.51. The smallest absolute Gasteiger partial charge is 0.309 e. The number of carbonyl (C=O) groups excluding carboxylic acids is 2. The minimum absolute atomic E-state index is 0.0567. The average Bonchev–Trinajstić information content (AvgIpc) is 2.79. The first kappa shape index (κ1) is 24.5. The quantitative estimate of drug-likeness (QED) is 0.517. The van der Waals surface area contributed by atoms with Crippen molar-refractivity contribution in [2.75, 3.05) is 24.7 Å². The molecule has 0 unspecified atom stereocenters. The van der Waals surface area contributed by atoms with Crippen molar-refractivity contribution in [1.29, 1.82) is 0 Å². The van der Waals surface area contributed by atoms with Gasteiger partial charge in [0.1, 0.15) is 0 Å². The Morgan fingerprint density at radius 3 is 2.47 bits per heavy atom. The second-order valence-electron chi connectivity index (χ2n) is 7.83. The third-order valence-corrected chi connectivity index (χ3v) is 8.42. The predicted octanol–water partition coefficient (Wildman–Crippen LogP) is 3.48. The van der Waals surface area contributed by atoms with Crippen molar-refractivity contribution >= 4 is 33.5 Å². The Balaban J connectivity index is 1.81. The number of ketones is 1. The maximum absolute atomic E-state index is 13.3. The molecule has 0 aromatic heterocycles. The number of sulfonamides is 1. The van der Waals surface area contributed by atoms with Crippen LogP contribution in [0.4, 0.5) is 0 Å².